The van der Waals surface area contributed by atoms with Gasteiger partial charge in [0.1, 0.15) is 5.82 Å². The summed E-state index contributed by atoms with van der Waals surface area (Å²) in [6, 6.07) is 26.1. The minimum absolute atomic E-state index is 0.237. The Bertz CT molecular complexity index is 1800. The number of para-hydroxylation sites is 1. The smallest absolute Gasteiger partial charge is 0.296 e. The van der Waals surface area contributed by atoms with Gasteiger partial charge in [-0.3, -0.25) is 9.59 Å². The first-order chi connectivity index (χ1) is 20.7. The van der Waals surface area contributed by atoms with Crippen molar-refractivity contribution in [2.75, 3.05) is 35.4 Å². The highest BCUT2D eigenvalue weighted by Gasteiger charge is 2.25. The van der Waals surface area contributed by atoms with Crippen LogP contribution in [0.1, 0.15) is 36.7 Å². The SMILES string of the molecule is CNc1nccc(Nc2ccc(C(=O)C(=O)Nc3cc(C(C)(C)C)cc(Nc4ccccc4)c3OC)c3ccccc23)n1. The van der Waals surface area contributed by atoms with Crippen LogP contribution in [-0.2, 0) is 10.2 Å². The standard InChI is InChI=1S/C34H34N6O3/c1-34(2,3)21-19-27(37-22-11-7-6-8-12-22)31(43-5)28(20-21)39-32(42)30(41)25-15-16-26(24-14-10-9-13-23(24)25)38-29-17-18-36-33(35-4)40-29/h6-20,37H,1-5H3,(H,39,42)(H2,35,36,38,40). The van der Waals surface area contributed by atoms with E-state index in [0.717, 1.165) is 22.3 Å². The molecule has 0 saturated heterocycles. The number of aromatic nitrogens is 2. The summed E-state index contributed by atoms with van der Waals surface area (Å²) < 4.78 is 5.75. The van der Waals surface area contributed by atoms with Crippen LogP contribution in [0, 0.1) is 0 Å². The van der Waals surface area contributed by atoms with Gasteiger partial charge in [-0.15, -0.1) is 0 Å². The fourth-order valence-corrected chi connectivity index (χ4v) is 4.74. The number of nitrogens with zero attached hydrogens (tertiary/aromatic N) is 2. The summed E-state index contributed by atoms with van der Waals surface area (Å²) in [7, 11) is 3.28. The number of carbonyl (C=O) groups is 2. The molecule has 5 rings (SSSR count). The quantitative estimate of drug-likeness (QED) is 0.107. The average molecular weight is 575 g/mol. The largest absolute Gasteiger partial charge is 0.492 e. The van der Waals surface area contributed by atoms with Gasteiger partial charge in [-0.2, -0.15) is 4.98 Å². The number of benzene rings is 4. The zero-order valence-electron chi connectivity index (χ0n) is 24.8. The van der Waals surface area contributed by atoms with Crippen LogP contribution in [0.5, 0.6) is 5.75 Å². The van der Waals surface area contributed by atoms with Gasteiger partial charge < -0.3 is 26.0 Å². The second kappa shape index (κ2) is 12.2. The van der Waals surface area contributed by atoms with E-state index in [0.29, 0.717) is 34.3 Å². The molecule has 9 nitrogen and oxygen atoms in total. The van der Waals surface area contributed by atoms with Gasteiger partial charge in [0.15, 0.2) is 5.75 Å². The zero-order chi connectivity index (χ0) is 30.6. The van der Waals surface area contributed by atoms with E-state index in [-0.39, 0.29) is 11.0 Å². The number of amides is 1. The van der Waals surface area contributed by atoms with Crippen molar-refractivity contribution >= 4 is 57.0 Å². The Morgan fingerprint density at radius 2 is 1.49 bits per heavy atom. The van der Waals surface area contributed by atoms with E-state index in [9.17, 15) is 9.59 Å². The molecule has 0 fully saturated rings. The predicted octanol–water partition coefficient (Wildman–Crippen LogP) is 7.29. The Morgan fingerprint density at radius 3 is 2.19 bits per heavy atom. The van der Waals surface area contributed by atoms with Gasteiger partial charge in [0.2, 0.25) is 5.95 Å². The van der Waals surface area contributed by atoms with Crippen LogP contribution in [0.15, 0.2) is 91.1 Å². The van der Waals surface area contributed by atoms with Gasteiger partial charge in [-0.1, -0.05) is 63.2 Å². The predicted molar refractivity (Wildman–Crippen MR) is 173 cm³/mol. The molecule has 0 bridgehead atoms. The van der Waals surface area contributed by atoms with Crippen molar-refractivity contribution in [3.05, 3.63) is 102 Å². The minimum Gasteiger partial charge on any atom is -0.492 e. The summed E-state index contributed by atoms with van der Waals surface area (Å²) >= 11 is 0. The van der Waals surface area contributed by atoms with E-state index in [4.69, 9.17) is 4.74 Å². The first kappa shape index (κ1) is 29.1. The molecule has 0 atom stereocenters. The Kier molecular flexibility index (Phi) is 8.25. The number of nitrogens with one attached hydrogen (secondary N) is 4. The van der Waals surface area contributed by atoms with Gasteiger partial charge in [-0.25, -0.2) is 4.98 Å². The minimum atomic E-state index is -0.768. The lowest BCUT2D eigenvalue weighted by molar-refractivity contribution is -0.112. The summed E-state index contributed by atoms with van der Waals surface area (Å²) in [6.07, 6.45) is 1.65. The summed E-state index contributed by atoms with van der Waals surface area (Å²) in [5.74, 6) is 0.0597. The fourth-order valence-electron chi connectivity index (χ4n) is 4.74. The topological polar surface area (TPSA) is 117 Å². The number of anilines is 6. The van der Waals surface area contributed by atoms with Crippen LogP contribution in [0.2, 0.25) is 0 Å². The number of ether oxygens (including phenoxy) is 1. The van der Waals surface area contributed by atoms with Crippen LogP contribution in [0.4, 0.5) is 34.5 Å². The first-order valence-corrected chi connectivity index (χ1v) is 13.9. The molecule has 43 heavy (non-hydrogen) atoms. The van der Waals surface area contributed by atoms with E-state index < -0.39 is 11.7 Å². The van der Waals surface area contributed by atoms with Crippen molar-refractivity contribution < 1.29 is 14.3 Å². The number of Topliss-reactive ketones (excluding diaryl/α,β-unsaturated/α-hetero) is 1. The van der Waals surface area contributed by atoms with Crippen molar-refractivity contribution in [1.29, 1.82) is 0 Å². The second-order valence-electron chi connectivity index (χ2n) is 11.0. The van der Waals surface area contributed by atoms with Crippen LogP contribution in [-0.4, -0.2) is 35.8 Å². The van der Waals surface area contributed by atoms with Gasteiger partial charge in [0, 0.05) is 35.6 Å². The summed E-state index contributed by atoms with van der Waals surface area (Å²) in [4.78, 5) is 35.7. The number of ketones is 1. The fraction of sp³-hybridized carbons (Fsp3) is 0.176. The molecule has 4 N–H and O–H groups in total. The Hall–Kier alpha value is -5.44. The highest BCUT2D eigenvalue weighted by molar-refractivity contribution is 6.48. The Morgan fingerprint density at radius 1 is 0.791 bits per heavy atom. The van der Waals surface area contributed by atoms with Gasteiger partial charge in [-0.05, 0) is 58.8 Å². The van der Waals surface area contributed by atoms with Crippen molar-refractivity contribution in [3.63, 3.8) is 0 Å². The molecule has 1 heterocycles. The number of hydrogen-bond acceptors (Lipinski definition) is 8. The molecule has 0 radical (unpaired) electrons. The molecule has 0 unspecified atom stereocenters. The monoisotopic (exact) mass is 574 g/mol. The van der Waals surface area contributed by atoms with E-state index >= 15 is 0 Å². The van der Waals surface area contributed by atoms with Crippen LogP contribution in [0.3, 0.4) is 0 Å². The van der Waals surface area contributed by atoms with Crippen LogP contribution >= 0.6 is 0 Å². The Balaban J connectivity index is 1.48. The molecule has 4 aromatic carbocycles. The summed E-state index contributed by atoms with van der Waals surface area (Å²) in [6.45, 7) is 6.25. The van der Waals surface area contributed by atoms with Gasteiger partial charge in [0.25, 0.3) is 11.7 Å². The molecular weight excluding hydrogens is 540 g/mol. The van der Waals surface area contributed by atoms with E-state index in [2.05, 4.69) is 52.0 Å². The van der Waals surface area contributed by atoms with Crippen LogP contribution in [0.25, 0.3) is 10.8 Å². The highest BCUT2D eigenvalue weighted by Crippen LogP contribution is 2.40. The second-order valence-corrected chi connectivity index (χ2v) is 11.0. The van der Waals surface area contributed by atoms with Gasteiger partial charge in [0.05, 0.1) is 18.5 Å². The highest BCUT2D eigenvalue weighted by atomic mass is 16.5. The van der Waals surface area contributed by atoms with E-state index in [1.54, 1.807) is 31.4 Å². The molecule has 9 heteroatoms. The average Bonchev–Trinajstić information content (AvgIpc) is 3.01. The third-order valence-corrected chi connectivity index (χ3v) is 6.98. The number of methoxy groups -OCH3 is 1. The third-order valence-electron chi connectivity index (χ3n) is 6.98. The Labute approximate surface area is 250 Å². The molecule has 1 amide bonds. The molecule has 5 aromatic rings. The number of fused-ring (bicyclic) bond motifs is 1. The van der Waals surface area contributed by atoms with Gasteiger partial charge >= 0.3 is 0 Å². The number of carbonyl (C=O) groups excluding carboxylic acids is 2. The summed E-state index contributed by atoms with van der Waals surface area (Å²) in [5, 5.41) is 13.8. The van der Waals surface area contributed by atoms with Crippen molar-refractivity contribution in [2.24, 2.45) is 0 Å². The van der Waals surface area contributed by atoms with Crippen molar-refractivity contribution in [1.82, 2.24) is 9.97 Å². The first-order valence-electron chi connectivity index (χ1n) is 13.9. The summed E-state index contributed by atoms with van der Waals surface area (Å²) in [5.41, 5.74) is 3.69. The molecule has 0 aliphatic carbocycles. The third kappa shape index (κ3) is 6.41. The zero-order valence-corrected chi connectivity index (χ0v) is 24.8. The molecular formula is C34H34N6O3. The molecule has 0 spiro atoms. The lowest BCUT2D eigenvalue weighted by Crippen LogP contribution is -2.24. The van der Waals surface area contributed by atoms with Crippen molar-refractivity contribution in [3.8, 4) is 5.75 Å². The molecule has 1 aromatic heterocycles. The normalized spacial score (nSPS) is 11.1. The van der Waals surface area contributed by atoms with E-state index in [1.807, 2.05) is 66.7 Å². The number of rotatable bonds is 9. The van der Waals surface area contributed by atoms with E-state index in [1.165, 1.54) is 7.11 Å². The maximum atomic E-state index is 13.7. The molecule has 218 valence electrons. The maximum Gasteiger partial charge on any atom is 0.296 e. The number of hydrogen-bond donors (Lipinski definition) is 4. The molecule has 0 aliphatic heterocycles. The maximum absolute atomic E-state index is 13.7. The molecule has 0 saturated carbocycles. The lowest BCUT2D eigenvalue weighted by atomic mass is 9.86. The van der Waals surface area contributed by atoms with Crippen molar-refractivity contribution in [2.45, 2.75) is 26.2 Å². The molecule has 0 aliphatic rings. The lowest BCUT2D eigenvalue weighted by Gasteiger charge is -2.24. The van der Waals surface area contributed by atoms with Crippen LogP contribution < -0.4 is 26.0 Å².